The lowest BCUT2D eigenvalue weighted by Crippen LogP contribution is -2.53. The van der Waals surface area contributed by atoms with Crippen LogP contribution in [0.1, 0.15) is 12.0 Å². The van der Waals surface area contributed by atoms with Crippen molar-refractivity contribution in [3.63, 3.8) is 0 Å². The summed E-state index contributed by atoms with van der Waals surface area (Å²) in [5.74, 6) is 0.427. The van der Waals surface area contributed by atoms with Crippen LogP contribution in [0.3, 0.4) is 0 Å². The number of nitrogens with one attached hydrogen (secondary N) is 2. The summed E-state index contributed by atoms with van der Waals surface area (Å²) >= 11 is 0. The van der Waals surface area contributed by atoms with Gasteiger partial charge in [0.25, 0.3) is 0 Å². The number of rotatable bonds is 7. The number of ether oxygens (including phenoxy) is 1. The van der Waals surface area contributed by atoms with Gasteiger partial charge in [0.2, 0.25) is 5.91 Å². The van der Waals surface area contributed by atoms with Crippen molar-refractivity contribution < 1.29 is 9.53 Å². The summed E-state index contributed by atoms with van der Waals surface area (Å²) in [6, 6.07) is 8.89. The first-order valence-corrected chi connectivity index (χ1v) is 9.28. The van der Waals surface area contributed by atoms with E-state index in [1.807, 2.05) is 0 Å². The molecule has 2 N–H and O–H groups in total. The summed E-state index contributed by atoms with van der Waals surface area (Å²) in [6.07, 6.45) is 3.21. The molecule has 2 atom stereocenters. The normalized spacial score (nSPS) is 21.4. The topological polar surface area (TPSA) is 60.6 Å². The number of likely N-dealkylation sites (N-methyl/N-ethyl adjacent to an activating group) is 1. The molecule has 1 aliphatic rings. The van der Waals surface area contributed by atoms with Gasteiger partial charge in [-0.15, -0.1) is 0 Å². The Morgan fingerprint density at radius 2 is 2.19 bits per heavy atom. The molecule has 0 aliphatic carbocycles. The van der Waals surface area contributed by atoms with Gasteiger partial charge in [0, 0.05) is 49.9 Å². The maximum Gasteiger partial charge on any atom is 0.245 e. The third-order valence-electron chi connectivity index (χ3n) is 5.37. The third-order valence-corrected chi connectivity index (χ3v) is 5.37. The van der Waals surface area contributed by atoms with Crippen LogP contribution < -0.4 is 5.32 Å². The molecule has 1 fully saturated rings. The van der Waals surface area contributed by atoms with Gasteiger partial charge in [0.1, 0.15) is 6.61 Å². The molecule has 142 valence electrons. The summed E-state index contributed by atoms with van der Waals surface area (Å²) in [5, 5.41) is 4.32. The molecule has 1 amide bonds. The van der Waals surface area contributed by atoms with Gasteiger partial charge in [-0.1, -0.05) is 18.2 Å². The van der Waals surface area contributed by atoms with Gasteiger partial charge in [-0.3, -0.25) is 9.69 Å². The Balaban J connectivity index is 1.61. The number of para-hydroxylation sites is 1. The van der Waals surface area contributed by atoms with Crippen molar-refractivity contribution >= 4 is 16.8 Å². The monoisotopic (exact) mass is 358 g/mol. The minimum Gasteiger partial charge on any atom is -0.375 e. The van der Waals surface area contributed by atoms with Crippen molar-refractivity contribution in [2.75, 3.05) is 47.4 Å². The van der Waals surface area contributed by atoms with E-state index in [-0.39, 0.29) is 12.5 Å². The van der Waals surface area contributed by atoms with Crippen molar-refractivity contribution in [3.8, 4) is 0 Å². The van der Waals surface area contributed by atoms with Gasteiger partial charge in [0.05, 0.1) is 0 Å². The van der Waals surface area contributed by atoms with Gasteiger partial charge in [-0.25, -0.2) is 0 Å². The van der Waals surface area contributed by atoms with E-state index in [0.717, 1.165) is 26.1 Å². The van der Waals surface area contributed by atoms with Gasteiger partial charge >= 0.3 is 0 Å². The van der Waals surface area contributed by atoms with Gasteiger partial charge in [-0.2, -0.15) is 0 Å². The van der Waals surface area contributed by atoms with Crippen LogP contribution >= 0.6 is 0 Å². The van der Waals surface area contributed by atoms with E-state index in [1.54, 1.807) is 7.11 Å². The maximum absolute atomic E-state index is 11.7. The van der Waals surface area contributed by atoms with Crippen LogP contribution in [0.15, 0.2) is 30.5 Å². The van der Waals surface area contributed by atoms with E-state index in [9.17, 15) is 4.79 Å². The molecule has 2 aromatic rings. The molecule has 0 saturated carbocycles. The van der Waals surface area contributed by atoms with Crippen LogP contribution in [0, 0.1) is 5.92 Å². The molecule has 1 aromatic heterocycles. The Morgan fingerprint density at radius 1 is 1.38 bits per heavy atom. The number of H-pyrrole nitrogens is 1. The lowest BCUT2D eigenvalue weighted by atomic mass is 9.90. The molecule has 0 radical (unpaired) electrons. The van der Waals surface area contributed by atoms with E-state index in [4.69, 9.17) is 4.74 Å². The van der Waals surface area contributed by atoms with Crippen molar-refractivity contribution in [1.29, 1.82) is 0 Å². The molecular formula is C20H30N4O2. The number of carbonyl (C=O) groups excluding carboxylic acids is 1. The van der Waals surface area contributed by atoms with E-state index in [0.29, 0.717) is 18.5 Å². The zero-order valence-corrected chi connectivity index (χ0v) is 16.0. The lowest BCUT2D eigenvalue weighted by Gasteiger charge is -2.42. The fraction of sp³-hybridized carbons (Fsp3) is 0.550. The minimum atomic E-state index is -0.0359. The van der Waals surface area contributed by atoms with Crippen molar-refractivity contribution in [2.24, 2.45) is 5.92 Å². The largest absolute Gasteiger partial charge is 0.375 e. The zero-order chi connectivity index (χ0) is 18.5. The number of fused-ring (bicyclic) bond motifs is 1. The Hall–Kier alpha value is -1.89. The Morgan fingerprint density at radius 3 is 2.96 bits per heavy atom. The van der Waals surface area contributed by atoms with Crippen LogP contribution in [0.4, 0.5) is 0 Å². The van der Waals surface area contributed by atoms with Crippen molar-refractivity contribution in [3.05, 3.63) is 36.0 Å². The molecule has 26 heavy (non-hydrogen) atoms. The fourth-order valence-corrected chi connectivity index (χ4v) is 3.94. The lowest BCUT2D eigenvalue weighted by molar-refractivity contribution is -0.125. The first-order chi connectivity index (χ1) is 12.6. The predicted octanol–water partition coefficient (Wildman–Crippen LogP) is 1.68. The molecule has 1 saturated heterocycles. The average molecular weight is 358 g/mol. The molecule has 1 aliphatic heterocycles. The van der Waals surface area contributed by atoms with E-state index in [2.05, 4.69) is 64.7 Å². The number of likely N-dealkylation sites (tertiary alicyclic amines) is 1. The molecular weight excluding hydrogens is 328 g/mol. The number of amides is 1. The number of aromatic nitrogens is 1. The molecule has 2 heterocycles. The van der Waals surface area contributed by atoms with Gasteiger partial charge in [-0.05, 0) is 44.6 Å². The highest BCUT2D eigenvalue weighted by Crippen LogP contribution is 2.25. The third kappa shape index (κ3) is 4.44. The summed E-state index contributed by atoms with van der Waals surface area (Å²) < 4.78 is 4.90. The van der Waals surface area contributed by atoms with E-state index >= 15 is 0 Å². The van der Waals surface area contributed by atoms with Crippen LogP contribution in [-0.2, 0) is 16.1 Å². The standard InChI is InChI=1S/C20H30N4O2/c1-23(2)19-13-24(9-8-15(19)10-22-20(25)14-26-3)12-16-11-21-18-7-5-4-6-17(16)18/h4-7,11,15,19,21H,8-10,12-14H2,1-3H3,(H,22,25)/t15-,19-/m1/s1. The predicted molar refractivity (Wildman–Crippen MR) is 104 cm³/mol. The number of nitrogens with zero attached hydrogens (tertiary/aromatic N) is 2. The SMILES string of the molecule is COCC(=O)NC[C@H]1CCN(Cc2c[nH]c3ccccc23)C[C@H]1N(C)C. The number of hydrogen-bond acceptors (Lipinski definition) is 4. The summed E-state index contributed by atoms with van der Waals surface area (Å²) in [7, 11) is 5.80. The van der Waals surface area contributed by atoms with Crippen LogP contribution in [-0.4, -0.2) is 74.2 Å². The molecule has 0 unspecified atom stereocenters. The Bertz CT molecular complexity index is 727. The minimum absolute atomic E-state index is 0.0359. The number of carbonyl (C=O) groups is 1. The molecule has 3 rings (SSSR count). The summed E-state index contributed by atoms with van der Waals surface area (Å²) in [6.45, 7) is 3.86. The summed E-state index contributed by atoms with van der Waals surface area (Å²) in [4.78, 5) is 19.9. The highest BCUT2D eigenvalue weighted by Gasteiger charge is 2.31. The van der Waals surface area contributed by atoms with E-state index < -0.39 is 0 Å². The number of hydrogen-bond donors (Lipinski definition) is 2. The smallest absolute Gasteiger partial charge is 0.245 e. The van der Waals surface area contributed by atoms with Crippen molar-refractivity contribution in [2.45, 2.75) is 19.0 Å². The number of benzene rings is 1. The van der Waals surface area contributed by atoms with Crippen LogP contribution in [0.5, 0.6) is 0 Å². The quantitative estimate of drug-likeness (QED) is 0.791. The summed E-state index contributed by atoms with van der Waals surface area (Å²) in [5.41, 5.74) is 2.55. The zero-order valence-electron chi connectivity index (χ0n) is 16.0. The number of methoxy groups -OCH3 is 1. The Kier molecular flexibility index (Phi) is 6.29. The van der Waals surface area contributed by atoms with Crippen LogP contribution in [0.2, 0.25) is 0 Å². The fourth-order valence-electron chi connectivity index (χ4n) is 3.94. The second-order valence-corrected chi connectivity index (χ2v) is 7.41. The first kappa shape index (κ1) is 18.9. The highest BCUT2D eigenvalue weighted by molar-refractivity contribution is 5.83. The maximum atomic E-state index is 11.7. The first-order valence-electron chi connectivity index (χ1n) is 9.28. The second kappa shape index (κ2) is 8.66. The highest BCUT2D eigenvalue weighted by atomic mass is 16.5. The molecule has 1 aromatic carbocycles. The van der Waals surface area contributed by atoms with Gasteiger partial charge < -0.3 is 19.9 Å². The van der Waals surface area contributed by atoms with Crippen LogP contribution in [0.25, 0.3) is 10.9 Å². The second-order valence-electron chi connectivity index (χ2n) is 7.41. The Labute approximate surface area is 155 Å². The number of piperidine rings is 1. The van der Waals surface area contributed by atoms with E-state index in [1.165, 1.54) is 16.5 Å². The molecule has 0 bridgehead atoms. The molecule has 0 spiro atoms. The van der Waals surface area contributed by atoms with Crippen molar-refractivity contribution in [1.82, 2.24) is 20.1 Å². The van der Waals surface area contributed by atoms with Gasteiger partial charge in [0.15, 0.2) is 0 Å². The number of aromatic amines is 1. The molecule has 6 heteroatoms. The average Bonchev–Trinajstić information content (AvgIpc) is 3.04. The molecule has 6 nitrogen and oxygen atoms in total.